The highest BCUT2D eigenvalue weighted by atomic mass is 127. The number of likely N-dealkylation sites (tertiary alicyclic amines) is 1. The van der Waals surface area contributed by atoms with E-state index in [0.29, 0.717) is 19.7 Å². The number of amides is 1. The topological polar surface area (TPSA) is 75.2 Å². The number of carbonyl (C=O) groups excluding carboxylic acids is 1. The second-order valence-corrected chi connectivity index (χ2v) is 8.01. The highest BCUT2D eigenvalue weighted by Crippen LogP contribution is 2.19. The van der Waals surface area contributed by atoms with E-state index in [0.717, 1.165) is 30.2 Å². The van der Waals surface area contributed by atoms with Gasteiger partial charge >= 0.3 is 6.09 Å². The van der Waals surface area contributed by atoms with E-state index in [9.17, 15) is 4.79 Å². The van der Waals surface area contributed by atoms with Gasteiger partial charge in [0.15, 0.2) is 5.96 Å². The predicted octanol–water partition coefficient (Wildman–Crippen LogP) is 3.69. The van der Waals surface area contributed by atoms with Gasteiger partial charge in [0.2, 0.25) is 0 Å². The lowest BCUT2D eigenvalue weighted by molar-refractivity contribution is 0.0507. The summed E-state index contributed by atoms with van der Waals surface area (Å²) in [5.74, 6) is 1.76. The molecule has 1 heterocycles. The lowest BCUT2D eigenvalue weighted by Gasteiger charge is -2.23. The summed E-state index contributed by atoms with van der Waals surface area (Å²) >= 11 is 0. The van der Waals surface area contributed by atoms with Gasteiger partial charge in [0.05, 0.1) is 12.6 Å². The van der Waals surface area contributed by atoms with Crippen molar-refractivity contribution in [2.45, 2.75) is 59.2 Å². The summed E-state index contributed by atoms with van der Waals surface area (Å²) in [5, 5.41) is 6.35. The Morgan fingerprint density at radius 1 is 1.34 bits per heavy atom. The van der Waals surface area contributed by atoms with Crippen molar-refractivity contribution in [2.24, 2.45) is 4.99 Å². The summed E-state index contributed by atoms with van der Waals surface area (Å²) in [7, 11) is 1.78. The van der Waals surface area contributed by atoms with Crippen molar-refractivity contribution in [3.05, 3.63) is 29.3 Å². The molecule has 0 radical (unpaired) electrons. The molecule has 29 heavy (non-hydrogen) atoms. The van der Waals surface area contributed by atoms with Crippen LogP contribution in [-0.4, -0.2) is 55.3 Å². The zero-order valence-electron chi connectivity index (χ0n) is 18.4. The molecule has 1 atom stereocenters. The Kier molecular flexibility index (Phi) is 10.0. The summed E-state index contributed by atoms with van der Waals surface area (Å²) in [5.41, 5.74) is 1.80. The number of alkyl carbamates (subject to hydrolysis) is 1. The molecule has 7 nitrogen and oxygen atoms in total. The number of aliphatic imine (C=N–C) groups is 1. The predicted molar refractivity (Wildman–Crippen MR) is 127 cm³/mol. The van der Waals surface area contributed by atoms with Crippen LogP contribution in [0.3, 0.4) is 0 Å². The Hall–Kier alpha value is -1.71. The molecule has 1 fully saturated rings. The minimum absolute atomic E-state index is 0. The first kappa shape index (κ1) is 25.3. The van der Waals surface area contributed by atoms with Crippen LogP contribution in [0.25, 0.3) is 0 Å². The molecule has 2 rings (SSSR count). The second-order valence-electron chi connectivity index (χ2n) is 8.01. The first-order valence-electron chi connectivity index (χ1n) is 9.89. The molecule has 0 spiro atoms. The Balaban J connectivity index is 0.00000420. The first-order valence-corrected chi connectivity index (χ1v) is 9.89. The third-order valence-electron chi connectivity index (χ3n) is 4.41. The van der Waals surface area contributed by atoms with Gasteiger partial charge in [0, 0.05) is 26.7 Å². The van der Waals surface area contributed by atoms with Crippen LogP contribution in [0, 0.1) is 6.92 Å². The maximum Gasteiger partial charge on any atom is 0.407 e. The molecule has 0 bridgehead atoms. The number of nitrogens with one attached hydrogen (secondary N) is 2. The quantitative estimate of drug-likeness (QED) is 0.354. The Bertz CT molecular complexity index is 704. The largest absolute Gasteiger partial charge is 0.494 e. The summed E-state index contributed by atoms with van der Waals surface area (Å²) in [4.78, 5) is 18.5. The van der Waals surface area contributed by atoms with Crippen LogP contribution < -0.4 is 15.4 Å². The number of benzene rings is 1. The first-order chi connectivity index (χ1) is 13.2. The number of halogens is 1. The van der Waals surface area contributed by atoms with Crippen LogP contribution in [-0.2, 0) is 11.3 Å². The second kappa shape index (κ2) is 11.5. The van der Waals surface area contributed by atoms with Gasteiger partial charge in [-0.2, -0.15) is 0 Å². The van der Waals surface area contributed by atoms with Gasteiger partial charge in [-0.15, -0.1) is 24.0 Å². The molecule has 1 aromatic rings. The van der Waals surface area contributed by atoms with Crippen LogP contribution in [0.5, 0.6) is 5.75 Å². The standard InChI is InChI=1S/C21H34N4O3.HI/c1-7-27-18-9-8-16(12-15(18)2)13-23-19(22-6)25-11-10-17(14-25)24-20(26)28-21(3,4)5;/h8-9,12,17H,7,10-11,13-14H2,1-6H3,(H,22,23)(H,24,26);1H/t17-;/m1./s1. The maximum atomic E-state index is 12.0. The monoisotopic (exact) mass is 518 g/mol. The summed E-state index contributed by atoms with van der Waals surface area (Å²) in [6.45, 7) is 12.5. The van der Waals surface area contributed by atoms with Gasteiger partial charge in [0.25, 0.3) is 0 Å². The number of hydrogen-bond donors (Lipinski definition) is 2. The SMILES string of the molecule is CCOc1ccc(CNC(=NC)N2CC[C@@H](NC(=O)OC(C)(C)C)C2)cc1C.I. The average molecular weight is 518 g/mol. The van der Waals surface area contributed by atoms with Crippen LogP contribution in [0.4, 0.5) is 4.79 Å². The Morgan fingerprint density at radius 3 is 2.66 bits per heavy atom. The summed E-state index contributed by atoms with van der Waals surface area (Å²) in [6.07, 6.45) is 0.495. The molecule has 0 unspecified atom stereocenters. The molecule has 1 aliphatic heterocycles. The normalized spacial score (nSPS) is 16.8. The van der Waals surface area contributed by atoms with Crippen molar-refractivity contribution < 1.29 is 14.3 Å². The minimum Gasteiger partial charge on any atom is -0.494 e. The third kappa shape index (κ3) is 8.28. The van der Waals surface area contributed by atoms with E-state index in [1.165, 1.54) is 5.56 Å². The van der Waals surface area contributed by atoms with Crippen molar-refractivity contribution in [1.29, 1.82) is 0 Å². The van der Waals surface area contributed by atoms with Crippen LogP contribution in [0.1, 0.15) is 45.2 Å². The molecular formula is C21H35IN4O3. The fraction of sp³-hybridized carbons (Fsp3) is 0.619. The van der Waals surface area contributed by atoms with E-state index in [1.807, 2.05) is 33.8 Å². The highest BCUT2D eigenvalue weighted by molar-refractivity contribution is 14.0. The van der Waals surface area contributed by atoms with Gasteiger partial charge in [-0.3, -0.25) is 4.99 Å². The number of guanidine groups is 1. The van der Waals surface area contributed by atoms with Gasteiger partial charge in [-0.1, -0.05) is 12.1 Å². The highest BCUT2D eigenvalue weighted by Gasteiger charge is 2.27. The van der Waals surface area contributed by atoms with Crippen LogP contribution in [0.15, 0.2) is 23.2 Å². The molecule has 8 heteroatoms. The Morgan fingerprint density at radius 2 is 2.07 bits per heavy atom. The summed E-state index contributed by atoms with van der Waals surface area (Å²) < 4.78 is 10.9. The van der Waals surface area contributed by atoms with E-state index < -0.39 is 5.60 Å². The molecule has 0 aromatic heterocycles. The summed E-state index contributed by atoms with van der Waals surface area (Å²) in [6, 6.07) is 6.26. The molecule has 0 saturated carbocycles. The number of aryl methyl sites for hydroxylation is 1. The van der Waals surface area contributed by atoms with E-state index in [-0.39, 0.29) is 36.1 Å². The van der Waals surface area contributed by atoms with Crippen molar-refractivity contribution >= 4 is 36.0 Å². The smallest absolute Gasteiger partial charge is 0.407 e. The minimum atomic E-state index is -0.490. The fourth-order valence-electron chi connectivity index (χ4n) is 3.20. The van der Waals surface area contributed by atoms with Crippen molar-refractivity contribution in [1.82, 2.24) is 15.5 Å². The molecule has 1 aliphatic rings. The average Bonchev–Trinajstić information content (AvgIpc) is 3.04. The van der Waals surface area contributed by atoms with E-state index in [4.69, 9.17) is 9.47 Å². The van der Waals surface area contributed by atoms with Crippen molar-refractivity contribution in [3.8, 4) is 5.75 Å². The van der Waals surface area contributed by atoms with Crippen LogP contribution in [0.2, 0.25) is 0 Å². The lowest BCUT2D eigenvalue weighted by Crippen LogP contribution is -2.44. The van der Waals surface area contributed by atoms with Crippen molar-refractivity contribution in [2.75, 3.05) is 26.7 Å². The number of rotatable bonds is 5. The van der Waals surface area contributed by atoms with E-state index >= 15 is 0 Å². The molecule has 1 aromatic carbocycles. The lowest BCUT2D eigenvalue weighted by atomic mass is 10.1. The molecule has 1 saturated heterocycles. The van der Waals surface area contributed by atoms with Crippen LogP contribution >= 0.6 is 24.0 Å². The van der Waals surface area contributed by atoms with Crippen molar-refractivity contribution in [3.63, 3.8) is 0 Å². The molecule has 164 valence electrons. The van der Waals surface area contributed by atoms with E-state index in [2.05, 4.69) is 39.6 Å². The maximum absolute atomic E-state index is 12.0. The zero-order valence-corrected chi connectivity index (χ0v) is 20.7. The number of hydrogen-bond acceptors (Lipinski definition) is 4. The number of carbonyl (C=O) groups is 1. The fourth-order valence-corrected chi connectivity index (χ4v) is 3.20. The van der Waals surface area contributed by atoms with Gasteiger partial charge < -0.3 is 25.0 Å². The number of ether oxygens (including phenoxy) is 2. The molecular weight excluding hydrogens is 483 g/mol. The van der Waals surface area contributed by atoms with Gasteiger partial charge in [-0.05, 0) is 58.2 Å². The van der Waals surface area contributed by atoms with Gasteiger partial charge in [0.1, 0.15) is 11.4 Å². The zero-order chi connectivity index (χ0) is 20.7. The molecule has 2 N–H and O–H groups in total. The molecule has 0 aliphatic carbocycles. The molecule has 1 amide bonds. The van der Waals surface area contributed by atoms with Gasteiger partial charge in [-0.25, -0.2) is 4.79 Å². The third-order valence-corrected chi connectivity index (χ3v) is 4.41. The number of nitrogens with zero attached hydrogens (tertiary/aromatic N) is 2. The van der Waals surface area contributed by atoms with E-state index in [1.54, 1.807) is 7.05 Å². The Labute approximate surface area is 191 Å².